The standard InChI is InChI=1S/C17H34N2/c1-13(12-14-8-7-11-18-14)19-16-10-6-5-9-15(16)17(2,3)4/h13-16,18-19H,5-12H2,1-4H3. The Labute approximate surface area is 120 Å². The van der Waals surface area contributed by atoms with Gasteiger partial charge in [-0.05, 0) is 56.9 Å². The van der Waals surface area contributed by atoms with Crippen molar-refractivity contribution in [2.45, 2.75) is 90.8 Å². The van der Waals surface area contributed by atoms with Crippen LogP contribution in [0.5, 0.6) is 0 Å². The molecule has 112 valence electrons. The highest BCUT2D eigenvalue weighted by Crippen LogP contribution is 2.38. The molecule has 0 aromatic rings. The molecule has 4 unspecified atom stereocenters. The summed E-state index contributed by atoms with van der Waals surface area (Å²) in [5.41, 5.74) is 0.448. The Kier molecular flexibility index (Phi) is 5.30. The second-order valence-electron chi connectivity index (χ2n) is 7.96. The summed E-state index contributed by atoms with van der Waals surface area (Å²) in [4.78, 5) is 0. The number of hydrogen-bond donors (Lipinski definition) is 2. The van der Waals surface area contributed by atoms with Crippen LogP contribution in [0.15, 0.2) is 0 Å². The van der Waals surface area contributed by atoms with Crippen molar-refractivity contribution in [1.82, 2.24) is 10.6 Å². The number of rotatable bonds is 4. The highest BCUT2D eigenvalue weighted by Gasteiger charge is 2.34. The van der Waals surface area contributed by atoms with E-state index in [2.05, 4.69) is 38.3 Å². The summed E-state index contributed by atoms with van der Waals surface area (Å²) in [7, 11) is 0. The van der Waals surface area contributed by atoms with Crippen molar-refractivity contribution in [3.63, 3.8) is 0 Å². The van der Waals surface area contributed by atoms with Crippen LogP contribution in [-0.2, 0) is 0 Å². The van der Waals surface area contributed by atoms with E-state index in [1.807, 2.05) is 0 Å². The van der Waals surface area contributed by atoms with Crippen molar-refractivity contribution >= 4 is 0 Å². The van der Waals surface area contributed by atoms with Crippen LogP contribution in [0.1, 0.15) is 72.6 Å². The van der Waals surface area contributed by atoms with Gasteiger partial charge in [0.25, 0.3) is 0 Å². The van der Waals surface area contributed by atoms with Gasteiger partial charge >= 0.3 is 0 Å². The first-order chi connectivity index (χ1) is 8.97. The average molecular weight is 266 g/mol. The van der Waals surface area contributed by atoms with Crippen molar-refractivity contribution in [1.29, 1.82) is 0 Å². The van der Waals surface area contributed by atoms with E-state index >= 15 is 0 Å². The summed E-state index contributed by atoms with van der Waals surface area (Å²) in [6.45, 7) is 10.9. The molecule has 0 radical (unpaired) electrons. The van der Waals surface area contributed by atoms with Crippen LogP contribution >= 0.6 is 0 Å². The van der Waals surface area contributed by atoms with Gasteiger partial charge in [0.05, 0.1) is 0 Å². The molecule has 1 aliphatic heterocycles. The number of nitrogens with one attached hydrogen (secondary N) is 2. The molecule has 2 nitrogen and oxygen atoms in total. The molecule has 0 bridgehead atoms. The van der Waals surface area contributed by atoms with Crippen LogP contribution in [-0.4, -0.2) is 24.7 Å². The zero-order chi connectivity index (χ0) is 13.9. The van der Waals surface area contributed by atoms with Crippen LogP contribution in [0, 0.1) is 11.3 Å². The van der Waals surface area contributed by atoms with E-state index in [4.69, 9.17) is 0 Å². The minimum atomic E-state index is 0.448. The van der Waals surface area contributed by atoms with E-state index in [1.165, 1.54) is 51.5 Å². The van der Waals surface area contributed by atoms with E-state index in [0.29, 0.717) is 11.5 Å². The van der Waals surface area contributed by atoms with Crippen molar-refractivity contribution in [3.8, 4) is 0 Å². The van der Waals surface area contributed by atoms with Gasteiger partial charge in [-0.3, -0.25) is 0 Å². The third-order valence-electron chi connectivity index (χ3n) is 5.18. The van der Waals surface area contributed by atoms with Crippen LogP contribution < -0.4 is 10.6 Å². The van der Waals surface area contributed by atoms with Crippen LogP contribution in [0.25, 0.3) is 0 Å². The van der Waals surface area contributed by atoms with E-state index in [9.17, 15) is 0 Å². The molecule has 0 spiro atoms. The molecule has 2 aliphatic rings. The zero-order valence-electron chi connectivity index (χ0n) is 13.5. The molecule has 1 saturated carbocycles. The molecule has 0 aromatic carbocycles. The molecule has 1 saturated heterocycles. The largest absolute Gasteiger partial charge is 0.314 e. The van der Waals surface area contributed by atoms with E-state index < -0.39 is 0 Å². The molecule has 2 heteroatoms. The molecule has 4 atom stereocenters. The first-order valence-corrected chi connectivity index (χ1v) is 8.46. The van der Waals surface area contributed by atoms with Crippen molar-refractivity contribution < 1.29 is 0 Å². The molecular weight excluding hydrogens is 232 g/mol. The van der Waals surface area contributed by atoms with Gasteiger partial charge in [-0.1, -0.05) is 33.6 Å². The third kappa shape index (κ3) is 4.46. The van der Waals surface area contributed by atoms with Crippen molar-refractivity contribution in [2.75, 3.05) is 6.54 Å². The summed E-state index contributed by atoms with van der Waals surface area (Å²) in [5, 5.41) is 7.59. The minimum absolute atomic E-state index is 0.448. The predicted molar refractivity (Wildman–Crippen MR) is 83.4 cm³/mol. The average Bonchev–Trinajstić information content (AvgIpc) is 2.81. The fraction of sp³-hybridized carbons (Fsp3) is 1.00. The lowest BCUT2D eigenvalue weighted by Crippen LogP contribution is -2.48. The maximum Gasteiger partial charge on any atom is 0.0103 e. The van der Waals surface area contributed by atoms with Gasteiger partial charge in [0.15, 0.2) is 0 Å². The lowest BCUT2D eigenvalue weighted by atomic mass is 9.69. The molecule has 0 aromatic heterocycles. The Morgan fingerprint density at radius 3 is 2.47 bits per heavy atom. The Bertz CT molecular complexity index is 263. The summed E-state index contributed by atoms with van der Waals surface area (Å²) < 4.78 is 0. The molecule has 0 amide bonds. The predicted octanol–water partition coefficient (Wildman–Crippen LogP) is 3.71. The van der Waals surface area contributed by atoms with Crippen LogP contribution in [0.3, 0.4) is 0 Å². The fourth-order valence-electron chi connectivity index (χ4n) is 4.19. The van der Waals surface area contributed by atoms with Crippen molar-refractivity contribution in [2.24, 2.45) is 11.3 Å². The highest BCUT2D eigenvalue weighted by atomic mass is 15.0. The maximum atomic E-state index is 3.96. The molecule has 2 fully saturated rings. The number of hydrogen-bond acceptors (Lipinski definition) is 2. The maximum absolute atomic E-state index is 3.96. The molecular formula is C17H34N2. The summed E-state index contributed by atoms with van der Waals surface area (Å²) in [6, 6.07) is 2.16. The molecule has 1 heterocycles. The quantitative estimate of drug-likeness (QED) is 0.810. The Morgan fingerprint density at radius 2 is 1.84 bits per heavy atom. The Balaban J connectivity index is 1.84. The summed E-state index contributed by atoms with van der Waals surface area (Å²) in [5.74, 6) is 0.847. The van der Waals surface area contributed by atoms with E-state index in [1.54, 1.807) is 0 Å². The van der Waals surface area contributed by atoms with Gasteiger partial charge in [-0.2, -0.15) is 0 Å². The van der Waals surface area contributed by atoms with E-state index in [-0.39, 0.29) is 0 Å². The lowest BCUT2D eigenvalue weighted by molar-refractivity contribution is 0.122. The van der Waals surface area contributed by atoms with Gasteiger partial charge in [0.2, 0.25) is 0 Å². The fourth-order valence-corrected chi connectivity index (χ4v) is 4.19. The highest BCUT2D eigenvalue weighted by molar-refractivity contribution is 4.90. The molecule has 2 N–H and O–H groups in total. The summed E-state index contributed by atoms with van der Waals surface area (Å²) >= 11 is 0. The second-order valence-corrected chi connectivity index (χ2v) is 7.96. The van der Waals surface area contributed by atoms with Gasteiger partial charge in [-0.15, -0.1) is 0 Å². The van der Waals surface area contributed by atoms with Gasteiger partial charge in [-0.25, -0.2) is 0 Å². The zero-order valence-corrected chi connectivity index (χ0v) is 13.5. The molecule has 19 heavy (non-hydrogen) atoms. The summed E-state index contributed by atoms with van der Waals surface area (Å²) in [6.07, 6.45) is 9.68. The SMILES string of the molecule is CC(CC1CCCN1)NC1CCCCC1C(C)(C)C. The topological polar surface area (TPSA) is 24.1 Å². The van der Waals surface area contributed by atoms with E-state index in [0.717, 1.165) is 18.0 Å². The van der Waals surface area contributed by atoms with Gasteiger partial charge < -0.3 is 10.6 Å². The first-order valence-electron chi connectivity index (χ1n) is 8.46. The Hall–Kier alpha value is -0.0800. The van der Waals surface area contributed by atoms with Gasteiger partial charge in [0, 0.05) is 18.1 Å². The smallest absolute Gasteiger partial charge is 0.0103 e. The first kappa shape index (κ1) is 15.3. The third-order valence-corrected chi connectivity index (χ3v) is 5.18. The molecule has 1 aliphatic carbocycles. The lowest BCUT2D eigenvalue weighted by Gasteiger charge is -2.42. The van der Waals surface area contributed by atoms with Crippen molar-refractivity contribution in [3.05, 3.63) is 0 Å². The van der Waals surface area contributed by atoms with Crippen LogP contribution in [0.2, 0.25) is 0 Å². The monoisotopic (exact) mass is 266 g/mol. The normalized spacial score (nSPS) is 34.4. The minimum Gasteiger partial charge on any atom is -0.314 e. The van der Waals surface area contributed by atoms with Gasteiger partial charge in [0.1, 0.15) is 0 Å². The molecule has 2 rings (SSSR count). The Morgan fingerprint density at radius 1 is 1.11 bits per heavy atom. The second kappa shape index (κ2) is 6.58. The van der Waals surface area contributed by atoms with Crippen LogP contribution in [0.4, 0.5) is 0 Å².